The smallest absolute Gasteiger partial charge is 0.243 e. The number of carbonyl (C=O) groups excluding carboxylic acids is 1. The summed E-state index contributed by atoms with van der Waals surface area (Å²) in [4.78, 5) is 27.0. The first-order valence-electron chi connectivity index (χ1n) is 9.23. The van der Waals surface area contributed by atoms with Crippen molar-refractivity contribution in [2.24, 2.45) is 0 Å². The number of aromatic nitrogens is 3. The summed E-state index contributed by atoms with van der Waals surface area (Å²) < 4.78 is 14.9. The van der Waals surface area contributed by atoms with E-state index in [9.17, 15) is 9.18 Å². The maximum atomic E-state index is 14.9. The third-order valence-corrected chi connectivity index (χ3v) is 5.74. The van der Waals surface area contributed by atoms with Crippen LogP contribution in [0.4, 0.5) is 10.2 Å². The van der Waals surface area contributed by atoms with Crippen molar-refractivity contribution in [2.45, 2.75) is 39.7 Å². The molecule has 1 aliphatic rings. The van der Waals surface area contributed by atoms with Crippen LogP contribution < -0.4 is 4.90 Å². The van der Waals surface area contributed by atoms with Crippen LogP contribution in [0.25, 0.3) is 11.0 Å². The van der Waals surface area contributed by atoms with Crippen LogP contribution in [0.2, 0.25) is 0 Å². The Morgan fingerprint density at radius 3 is 2.75 bits per heavy atom. The van der Waals surface area contributed by atoms with E-state index in [1.165, 1.54) is 4.90 Å². The topological polar surface area (TPSA) is 59.0 Å². The molecule has 2 aromatic heterocycles. The molecule has 4 rings (SSSR count). The maximum absolute atomic E-state index is 14.9. The summed E-state index contributed by atoms with van der Waals surface area (Å²) in [6.45, 7) is 3.98. The summed E-state index contributed by atoms with van der Waals surface area (Å²) in [5.41, 5.74) is 5.62. The van der Waals surface area contributed by atoms with Gasteiger partial charge in [-0.2, -0.15) is 0 Å². The van der Waals surface area contributed by atoms with Gasteiger partial charge in [0.05, 0.1) is 24.5 Å². The number of anilines is 1. The summed E-state index contributed by atoms with van der Waals surface area (Å²) in [6, 6.07) is 1.75. The Morgan fingerprint density at radius 2 is 1.96 bits per heavy atom. The molecule has 0 bridgehead atoms. The van der Waals surface area contributed by atoms with Crippen molar-refractivity contribution in [3.05, 3.63) is 58.3 Å². The van der Waals surface area contributed by atoms with E-state index < -0.39 is 0 Å². The van der Waals surface area contributed by atoms with Gasteiger partial charge in [-0.05, 0) is 67.0 Å². The highest BCUT2D eigenvalue weighted by atomic mass is 35.5. The summed E-state index contributed by atoms with van der Waals surface area (Å²) >= 11 is 5.86. The van der Waals surface area contributed by atoms with Crippen LogP contribution in [0, 0.1) is 19.7 Å². The zero-order valence-corrected chi connectivity index (χ0v) is 16.6. The van der Waals surface area contributed by atoms with E-state index >= 15 is 0 Å². The van der Waals surface area contributed by atoms with Crippen molar-refractivity contribution in [3.63, 3.8) is 0 Å². The highest BCUT2D eigenvalue weighted by Gasteiger charge is 2.26. The Bertz CT molecular complexity index is 1090. The molecule has 0 radical (unpaired) electrons. The second-order valence-electron chi connectivity index (χ2n) is 7.06. The van der Waals surface area contributed by atoms with Crippen LogP contribution in [0.5, 0.6) is 0 Å². The van der Waals surface area contributed by atoms with Gasteiger partial charge in [0.2, 0.25) is 5.91 Å². The van der Waals surface area contributed by atoms with Gasteiger partial charge < -0.3 is 0 Å². The number of fused-ring (bicyclic) bond motifs is 2. The summed E-state index contributed by atoms with van der Waals surface area (Å²) in [7, 11) is 0. The predicted molar refractivity (Wildman–Crippen MR) is 107 cm³/mol. The van der Waals surface area contributed by atoms with E-state index in [1.54, 1.807) is 31.6 Å². The quantitative estimate of drug-likeness (QED) is 0.622. The molecule has 1 amide bonds. The van der Waals surface area contributed by atoms with E-state index in [-0.39, 0.29) is 24.1 Å². The van der Waals surface area contributed by atoms with Crippen molar-refractivity contribution in [3.8, 4) is 0 Å². The Kier molecular flexibility index (Phi) is 4.98. The highest BCUT2D eigenvalue weighted by Crippen LogP contribution is 2.34. The molecule has 1 aliphatic carbocycles. The molecule has 0 atom stereocenters. The normalized spacial score (nSPS) is 13.0. The van der Waals surface area contributed by atoms with Crippen molar-refractivity contribution < 1.29 is 9.18 Å². The molecule has 144 valence electrons. The van der Waals surface area contributed by atoms with Crippen LogP contribution in [0.15, 0.2) is 24.7 Å². The van der Waals surface area contributed by atoms with E-state index in [0.717, 1.165) is 41.5 Å². The summed E-state index contributed by atoms with van der Waals surface area (Å²) in [5.74, 6) is -0.275. The second-order valence-corrected chi connectivity index (χ2v) is 7.33. The molecule has 0 aliphatic heterocycles. The largest absolute Gasteiger partial charge is 0.290 e. The molecular formula is C21H20ClFN4O. The average molecular weight is 399 g/mol. The molecule has 7 heteroatoms. The number of carbonyl (C=O) groups is 1. The number of amides is 1. The van der Waals surface area contributed by atoms with E-state index in [0.29, 0.717) is 22.4 Å². The molecule has 0 fully saturated rings. The van der Waals surface area contributed by atoms with Gasteiger partial charge in [-0.25, -0.2) is 9.37 Å². The molecule has 2 heterocycles. The summed E-state index contributed by atoms with van der Waals surface area (Å²) in [6.07, 6.45) is 7.39. The first-order chi connectivity index (χ1) is 13.5. The first kappa shape index (κ1) is 18.7. The lowest BCUT2D eigenvalue weighted by Crippen LogP contribution is -2.33. The fourth-order valence-electron chi connectivity index (χ4n) is 3.97. The molecule has 0 spiro atoms. The Morgan fingerprint density at radius 1 is 1.18 bits per heavy atom. The van der Waals surface area contributed by atoms with E-state index in [1.807, 2.05) is 6.92 Å². The molecule has 0 unspecified atom stereocenters. The lowest BCUT2D eigenvalue weighted by Gasteiger charge is -2.24. The summed E-state index contributed by atoms with van der Waals surface area (Å²) in [5, 5.41) is 0. The Hall–Kier alpha value is -2.60. The fourth-order valence-corrected chi connectivity index (χ4v) is 4.11. The minimum atomic E-state index is -0.307. The van der Waals surface area contributed by atoms with Crippen LogP contribution in [-0.2, 0) is 24.2 Å². The van der Waals surface area contributed by atoms with Crippen LogP contribution in [0.1, 0.15) is 34.2 Å². The maximum Gasteiger partial charge on any atom is 0.243 e. The van der Waals surface area contributed by atoms with Gasteiger partial charge in [0.25, 0.3) is 0 Å². The SMILES string of the molecule is Cc1c(F)c2c(c(C)c1CN(C(=O)CCl)c1cnc3ccncc3n1)CCC2. The number of pyridine rings is 1. The van der Waals surface area contributed by atoms with E-state index in [2.05, 4.69) is 15.0 Å². The minimum Gasteiger partial charge on any atom is -0.290 e. The van der Waals surface area contributed by atoms with Crippen LogP contribution in [0.3, 0.4) is 0 Å². The Balaban J connectivity index is 1.80. The fraction of sp³-hybridized carbons (Fsp3) is 0.333. The molecule has 28 heavy (non-hydrogen) atoms. The molecular weight excluding hydrogens is 379 g/mol. The molecule has 0 N–H and O–H groups in total. The van der Waals surface area contributed by atoms with Crippen molar-refractivity contribution in [1.82, 2.24) is 15.0 Å². The van der Waals surface area contributed by atoms with Crippen LogP contribution in [-0.4, -0.2) is 26.7 Å². The lowest BCUT2D eigenvalue weighted by molar-refractivity contribution is -0.116. The third-order valence-electron chi connectivity index (χ3n) is 5.51. The second kappa shape index (κ2) is 7.43. The van der Waals surface area contributed by atoms with Gasteiger partial charge in [-0.15, -0.1) is 11.6 Å². The van der Waals surface area contributed by atoms with Gasteiger partial charge >= 0.3 is 0 Å². The first-order valence-corrected chi connectivity index (χ1v) is 9.77. The zero-order chi connectivity index (χ0) is 19.8. The average Bonchev–Trinajstić information content (AvgIpc) is 3.22. The number of benzene rings is 1. The Labute approximate surface area is 167 Å². The monoisotopic (exact) mass is 398 g/mol. The molecule has 0 saturated carbocycles. The number of alkyl halides is 1. The lowest BCUT2D eigenvalue weighted by atomic mass is 9.93. The molecule has 0 saturated heterocycles. The van der Waals surface area contributed by atoms with Crippen molar-refractivity contribution >= 4 is 34.4 Å². The number of hydrogen-bond donors (Lipinski definition) is 0. The van der Waals surface area contributed by atoms with Crippen molar-refractivity contribution in [2.75, 3.05) is 10.8 Å². The zero-order valence-electron chi connectivity index (χ0n) is 15.8. The van der Waals surface area contributed by atoms with Gasteiger partial charge in [0.15, 0.2) is 5.82 Å². The van der Waals surface area contributed by atoms with Crippen LogP contribution >= 0.6 is 11.6 Å². The number of halogens is 2. The van der Waals surface area contributed by atoms with Gasteiger partial charge in [-0.3, -0.25) is 19.7 Å². The van der Waals surface area contributed by atoms with Gasteiger partial charge in [-0.1, -0.05) is 0 Å². The highest BCUT2D eigenvalue weighted by molar-refractivity contribution is 6.29. The van der Waals surface area contributed by atoms with Gasteiger partial charge in [0.1, 0.15) is 17.2 Å². The standard InChI is InChI=1S/C21H20ClFN4O/c1-12-14-4-3-5-15(14)21(23)13(2)16(12)11-27(20(28)8-22)19-10-25-17-6-7-24-9-18(17)26-19/h6-7,9-10H,3-5,8,11H2,1-2H3. The minimum absolute atomic E-state index is 0.153. The van der Waals surface area contributed by atoms with Crippen molar-refractivity contribution in [1.29, 1.82) is 0 Å². The molecule has 3 aromatic rings. The number of rotatable bonds is 4. The third kappa shape index (κ3) is 3.11. The predicted octanol–water partition coefficient (Wildman–Crippen LogP) is 4.04. The molecule has 1 aromatic carbocycles. The molecule has 5 nitrogen and oxygen atoms in total. The number of nitrogens with zero attached hydrogens (tertiary/aromatic N) is 4. The number of hydrogen-bond acceptors (Lipinski definition) is 4. The van der Waals surface area contributed by atoms with E-state index in [4.69, 9.17) is 11.6 Å². The van der Waals surface area contributed by atoms with Gasteiger partial charge in [0, 0.05) is 6.20 Å².